The summed E-state index contributed by atoms with van der Waals surface area (Å²) in [6, 6.07) is 6.37. The van der Waals surface area contributed by atoms with Gasteiger partial charge in [0.25, 0.3) is 0 Å². The smallest absolute Gasteiger partial charge is 0.380 e. The Bertz CT molecular complexity index is 1590. The molecule has 2 heterocycles. The molecule has 1 saturated heterocycles. The lowest BCUT2D eigenvalue weighted by molar-refractivity contribution is -0.0500. The van der Waals surface area contributed by atoms with E-state index in [0.29, 0.717) is 32.1 Å². The fourth-order valence-electron chi connectivity index (χ4n) is 5.41. The highest BCUT2D eigenvalue weighted by molar-refractivity contribution is 7.88. The number of likely N-dealkylation sites (tertiary alicyclic amines) is 1. The molecule has 6 nitrogen and oxygen atoms in total. The van der Waals surface area contributed by atoms with Crippen molar-refractivity contribution in [1.29, 1.82) is 0 Å². The Morgan fingerprint density at radius 2 is 1.63 bits per heavy atom. The van der Waals surface area contributed by atoms with E-state index in [0.717, 1.165) is 42.5 Å². The molecule has 0 radical (unpaired) electrons. The Morgan fingerprint density at radius 3 is 2.26 bits per heavy atom. The van der Waals surface area contributed by atoms with Crippen LogP contribution in [0.2, 0.25) is 0 Å². The van der Waals surface area contributed by atoms with Crippen LogP contribution in [0.15, 0.2) is 48.5 Å². The van der Waals surface area contributed by atoms with Gasteiger partial charge in [0.05, 0.1) is 30.0 Å². The topological polar surface area (TPSA) is 61.9 Å². The maximum absolute atomic E-state index is 15.8. The van der Waals surface area contributed by atoms with E-state index in [1.807, 2.05) is 4.90 Å². The summed E-state index contributed by atoms with van der Waals surface area (Å²) in [6.45, 7) is 1.09. The van der Waals surface area contributed by atoms with Crippen LogP contribution in [0.25, 0.3) is 0 Å². The highest BCUT2D eigenvalue weighted by atomic mass is 32.2. The first kappa shape index (κ1) is 30.9. The summed E-state index contributed by atoms with van der Waals surface area (Å²) < 4.78 is 138. The van der Waals surface area contributed by atoms with Crippen molar-refractivity contribution in [3.05, 3.63) is 88.5 Å². The van der Waals surface area contributed by atoms with Gasteiger partial charge in [-0.2, -0.15) is 21.6 Å². The average molecular weight is 636 g/mol. The highest BCUT2D eigenvalue weighted by Gasteiger charge is 2.48. The van der Waals surface area contributed by atoms with E-state index >= 15 is 8.78 Å². The van der Waals surface area contributed by atoms with Crippen molar-refractivity contribution in [1.82, 2.24) is 4.90 Å². The number of anilines is 2. The van der Waals surface area contributed by atoms with Gasteiger partial charge in [0.15, 0.2) is 0 Å². The number of fused-ring (bicyclic) bond motifs is 1. The molecule has 3 aromatic carbocycles. The quantitative estimate of drug-likeness (QED) is 0.175. The van der Waals surface area contributed by atoms with Gasteiger partial charge < -0.3 is 14.4 Å². The zero-order valence-corrected chi connectivity index (χ0v) is 23.1. The molecule has 2 aliphatic rings. The highest BCUT2D eigenvalue weighted by Crippen LogP contribution is 2.43. The Balaban J connectivity index is 1.51. The number of hydrogen-bond acceptors (Lipinski definition) is 6. The van der Waals surface area contributed by atoms with E-state index < -0.39 is 62.9 Å². The molecule has 3 aromatic rings. The van der Waals surface area contributed by atoms with Gasteiger partial charge in [-0.1, -0.05) is 6.07 Å². The lowest BCUT2D eigenvalue weighted by Crippen LogP contribution is -2.54. The van der Waals surface area contributed by atoms with Crippen LogP contribution in [0.4, 0.5) is 46.5 Å². The first-order valence-corrected chi connectivity index (χ1v) is 14.6. The Hall–Kier alpha value is -3.59. The Morgan fingerprint density at radius 1 is 0.930 bits per heavy atom. The van der Waals surface area contributed by atoms with Gasteiger partial charge in [0, 0.05) is 37.9 Å². The molecule has 1 fully saturated rings. The van der Waals surface area contributed by atoms with E-state index in [2.05, 4.69) is 9.50 Å². The molecular formula is C28H25F8N3O3S. The van der Waals surface area contributed by atoms with Gasteiger partial charge in [0.1, 0.15) is 29.0 Å². The van der Waals surface area contributed by atoms with E-state index in [9.17, 15) is 34.8 Å². The Labute approximate surface area is 242 Å². The van der Waals surface area contributed by atoms with Gasteiger partial charge in [-0.25, -0.2) is 17.6 Å². The molecule has 2 aliphatic heterocycles. The standard InChI is InChI=1S/C28H25F8N3O3S/c29-7-1-8-38-14-19(15-38)37-18-12-23(32)26(24(33)13-18)27-21-4-3-20(42-43(40,41)28(34,35)36)10-16(21)6-9-39(27)25-5-2-17(30)11-22(25)31/h2-5,10-13,19,27,37H,1,6-9,14-15H2. The first-order valence-electron chi connectivity index (χ1n) is 13.2. The van der Waals surface area contributed by atoms with Crippen molar-refractivity contribution in [2.45, 2.75) is 30.4 Å². The minimum atomic E-state index is -5.98. The van der Waals surface area contributed by atoms with Crippen LogP contribution in [-0.4, -0.2) is 57.7 Å². The molecule has 1 unspecified atom stereocenters. The van der Waals surface area contributed by atoms with Gasteiger partial charge in [-0.15, -0.1) is 0 Å². The number of hydrogen-bond donors (Lipinski definition) is 1. The van der Waals surface area contributed by atoms with E-state index in [1.54, 1.807) is 0 Å². The summed E-state index contributed by atoms with van der Waals surface area (Å²) in [5.41, 5.74) is -5.89. The second-order valence-electron chi connectivity index (χ2n) is 10.3. The van der Waals surface area contributed by atoms with Crippen LogP contribution in [0.3, 0.4) is 0 Å². The molecule has 1 atom stereocenters. The van der Waals surface area contributed by atoms with Gasteiger partial charge >= 0.3 is 15.6 Å². The maximum atomic E-state index is 15.8. The third kappa shape index (κ3) is 6.37. The molecule has 0 amide bonds. The van der Waals surface area contributed by atoms with Crippen molar-refractivity contribution in [3.8, 4) is 5.75 Å². The minimum Gasteiger partial charge on any atom is -0.380 e. The van der Waals surface area contributed by atoms with Crippen LogP contribution < -0.4 is 14.4 Å². The van der Waals surface area contributed by atoms with Crippen molar-refractivity contribution >= 4 is 21.5 Å². The lowest BCUT2D eigenvalue weighted by Gasteiger charge is -2.41. The molecule has 0 aliphatic carbocycles. The van der Waals surface area contributed by atoms with E-state index in [1.165, 1.54) is 4.90 Å². The summed E-state index contributed by atoms with van der Waals surface area (Å²) in [6.07, 6.45) is 0.375. The van der Waals surface area contributed by atoms with E-state index in [-0.39, 0.29) is 41.5 Å². The second-order valence-corrected chi connectivity index (χ2v) is 11.8. The Kier molecular flexibility index (Phi) is 8.49. The minimum absolute atomic E-state index is 0.00458. The number of halogens is 8. The van der Waals surface area contributed by atoms with Crippen LogP contribution in [0, 0.1) is 23.3 Å². The molecule has 5 rings (SSSR count). The van der Waals surface area contributed by atoms with Crippen molar-refractivity contribution in [2.24, 2.45) is 0 Å². The number of benzene rings is 3. The predicted molar refractivity (Wildman–Crippen MR) is 142 cm³/mol. The molecule has 0 aromatic heterocycles. The first-order chi connectivity index (χ1) is 20.3. The summed E-state index contributed by atoms with van der Waals surface area (Å²) in [7, 11) is -5.98. The lowest BCUT2D eigenvalue weighted by atomic mass is 9.86. The van der Waals surface area contributed by atoms with Crippen LogP contribution >= 0.6 is 0 Å². The molecule has 0 bridgehead atoms. The average Bonchev–Trinajstić information content (AvgIpc) is 2.89. The zero-order valence-electron chi connectivity index (χ0n) is 22.3. The third-order valence-electron chi connectivity index (χ3n) is 7.34. The molecular weight excluding hydrogens is 610 g/mol. The summed E-state index contributed by atoms with van der Waals surface area (Å²) >= 11 is 0. The fraction of sp³-hybridized carbons (Fsp3) is 0.357. The van der Waals surface area contributed by atoms with E-state index in [4.69, 9.17) is 0 Å². The van der Waals surface area contributed by atoms with Crippen molar-refractivity contribution in [3.63, 3.8) is 0 Å². The third-order valence-corrected chi connectivity index (χ3v) is 8.32. The zero-order chi connectivity index (χ0) is 31.1. The number of nitrogens with one attached hydrogen (secondary N) is 1. The SMILES string of the molecule is O=S(=O)(Oc1ccc2c(c1)CCN(c1ccc(F)cc1F)C2c1c(F)cc(NC2CN(CCCF)C2)cc1F)C(F)(F)F. The predicted octanol–water partition coefficient (Wildman–Crippen LogP) is 6.08. The normalized spacial score (nSPS) is 17.9. The second kappa shape index (κ2) is 11.8. The van der Waals surface area contributed by atoms with Crippen molar-refractivity contribution < 1.29 is 47.7 Å². The van der Waals surface area contributed by atoms with Gasteiger partial charge in [-0.05, 0) is 60.4 Å². The fourth-order valence-corrected chi connectivity index (χ4v) is 5.86. The monoisotopic (exact) mass is 635 g/mol. The number of rotatable bonds is 9. The molecule has 15 heteroatoms. The summed E-state index contributed by atoms with van der Waals surface area (Å²) in [5.74, 6) is -4.58. The van der Waals surface area contributed by atoms with Gasteiger partial charge in [-0.3, -0.25) is 9.29 Å². The maximum Gasteiger partial charge on any atom is 0.534 e. The molecule has 43 heavy (non-hydrogen) atoms. The van der Waals surface area contributed by atoms with Crippen molar-refractivity contribution in [2.75, 3.05) is 43.1 Å². The van der Waals surface area contributed by atoms with Crippen LogP contribution in [0.5, 0.6) is 5.75 Å². The molecule has 1 N–H and O–H groups in total. The molecule has 0 saturated carbocycles. The number of nitrogens with zero attached hydrogens (tertiary/aromatic N) is 2. The largest absolute Gasteiger partial charge is 0.534 e. The van der Waals surface area contributed by atoms with Crippen LogP contribution in [0.1, 0.15) is 29.2 Å². The van der Waals surface area contributed by atoms with Crippen LogP contribution in [-0.2, 0) is 16.5 Å². The molecule has 0 spiro atoms. The number of alkyl halides is 4. The summed E-state index contributed by atoms with van der Waals surface area (Å²) in [5, 5.41) is 3.02. The summed E-state index contributed by atoms with van der Waals surface area (Å²) in [4.78, 5) is 3.28. The van der Waals surface area contributed by atoms with Gasteiger partial charge in [0.2, 0.25) is 0 Å². The molecule has 232 valence electrons.